The first-order valence-electron chi connectivity index (χ1n) is 9.49. The number of nitrogens with one attached hydrogen (secondary N) is 1. The molecule has 10 heteroatoms. The molecular formula is C21H23FN2O6S. The molecule has 166 valence electrons. The van der Waals surface area contributed by atoms with Gasteiger partial charge in [0.2, 0.25) is 0 Å². The molecule has 1 N–H and O–H groups in total. The molecule has 0 aliphatic heterocycles. The van der Waals surface area contributed by atoms with Crippen molar-refractivity contribution in [1.82, 2.24) is 4.72 Å². The van der Waals surface area contributed by atoms with Crippen molar-refractivity contribution in [2.45, 2.75) is 26.0 Å². The number of non-ortho nitro benzene ring substituents is 1. The number of benzene rings is 2. The molecule has 1 amide bonds. The van der Waals surface area contributed by atoms with Crippen molar-refractivity contribution < 1.29 is 28.4 Å². The largest absolute Gasteiger partial charge is 0.481 e. The third-order valence-electron chi connectivity index (χ3n) is 4.02. The number of nitro groups is 1. The van der Waals surface area contributed by atoms with Gasteiger partial charge in [0.15, 0.2) is 6.61 Å². The van der Waals surface area contributed by atoms with Gasteiger partial charge in [-0.2, -0.15) is 0 Å². The molecule has 0 bridgehead atoms. The first kappa shape index (κ1) is 24.1. The molecule has 8 nitrogen and oxygen atoms in total. The Morgan fingerprint density at radius 3 is 2.71 bits per heavy atom. The minimum Gasteiger partial charge on any atom is -0.481 e. The Morgan fingerprint density at radius 1 is 1.23 bits per heavy atom. The number of hydrogen-bond donors (Lipinski definition) is 1. The summed E-state index contributed by atoms with van der Waals surface area (Å²) in [6.45, 7) is 3.80. The predicted molar refractivity (Wildman–Crippen MR) is 114 cm³/mol. The monoisotopic (exact) mass is 450 g/mol. The lowest BCUT2D eigenvalue weighted by atomic mass is 10.1. The highest BCUT2D eigenvalue weighted by atomic mass is 32.2. The summed E-state index contributed by atoms with van der Waals surface area (Å²) < 4.78 is 26.5. The molecule has 0 radical (unpaired) electrons. The molecule has 0 spiro atoms. The maximum Gasteiger partial charge on any atom is 0.344 e. The lowest BCUT2D eigenvalue weighted by Gasteiger charge is -2.12. The third kappa shape index (κ3) is 8.25. The fraction of sp³-hybridized carbons (Fsp3) is 0.333. The minimum absolute atomic E-state index is 0.0427. The van der Waals surface area contributed by atoms with Crippen molar-refractivity contribution in [3.8, 4) is 5.75 Å². The number of carbonyl (C=O) groups excluding carboxylic acids is 2. The molecule has 0 aromatic heterocycles. The number of nitro benzene ring substituents is 1. The molecule has 2 aromatic carbocycles. The van der Waals surface area contributed by atoms with Crippen molar-refractivity contribution in [3.05, 3.63) is 69.5 Å². The number of ether oxygens (including phenoxy) is 2. The van der Waals surface area contributed by atoms with Crippen molar-refractivity contribution in [3.63, 3.8) is 0 Å². The zero-order chi connectivity index (χ0) is 22.8. The van der Waals surface area contributed by atoms with Crippen LogP contribution in [-0.4, -0.2) is 30.0 Å². The van der Waals surface area contributed by atoms with E-state index < -0.39 is 29.2 Å². The Hall–Kier alpha value is -3.14. The van der Waals surface area contributed by atoms with Crippen LogP contribution in [-0.2, 0) is 15.3 Å². The van der Waals surface area contributed by atoms with Gasteiger partial charge in [-0.05, 0) is 42.0 Å². The number of rotatable bonds is 11. The molecule has 2 rings (SSSR count). The van der Waals surface area contributed by atoms with E-state index in [4.69, 9.17) is 9.47 Å². The van der Waals surface area contributed by atoms with Crippen molar-refractivity contribution in [2.24, 2.45) is 5.92 Å². The van der Waals surface area contributed by atoms with Crippen molar-refractivity contribution in [2.75, 3.05) is 13.2 Å². The van der Waals surface area contributed by atoms with E-state index >= 15 is 0 Å². The summed E-state index contributed by atoms with van der Waals surface area (Å²) in [5.74, 6) is -1.22. The van der Waals surface area contributed by atoms with Crippen LogP contribution in [0.15, 0.2) is 42.5 Å². The quantitative estimate of drug-likeness (QED) is 0.236. The van der Waals surface area contributed by atoms with Crippen LogP contribution in [0.25, 0.3) is 0 Å². The molecule has 0 atom stereocenters. The average molecular weight is 450 g/mol. The summed E-state index contributed by atoms with van der Waals surface area (Å²) in [7, 11) is 0. The first-order chi connectivity index (χ1) is 14.8. The molecule has 0 heterocycles. The van der Waals surface area contributed by atoms with Gasteiger partial charge < -0.3 is 9.47 Å². The zero-order valence-corrected chi connectivity index (χ0v) is 17.9. The average Bonchev–Trinajstić information content (AvgIpc) is 2.72. The maximum atomic E-state index is 13.6. The standard InChI is InChI=1S/C21H23FN2O6S/c1-14(2)8-9-29-20(25)12-30-19-11-16(22)6-7-18(19)21(26)23-31-13-15-4-3-5-17(10-15)24(27)28/h3-7,10-11,14H,8-9,12-13H2,1-2H3,(H,23,26). The smallest absolute Gasteiger partial charge is 0.344 e. The van der Waals surface area contributed by atoms with E-state index in [1.807, 2.05) is 13.8 Å². The second-order valence-corrected chi connectivity index (χ2v) is 7.76. The van der Waals surface area contributed by atoms with Crippen LogP contribution in [0.5, 0.6) is 5.75 Å². The predicted octanol–water partition coefficient (Wildman–Crippen LogP) is 4.28. The minimum atomic E-state index is -0.621. The summed E-state index contributed by atoms with van der Waals surface area (Å²) in [5.41, 5.74) is 0.654. The molecule has 0 fully saturated rings. The Kier molecular flexibility index (Phi) is 9.26. The summed E-state index contributed by atoms with van der Waals surface area (Å²) in [6, 6.07) is 9.41. The molecule has 0 saturated carbocycles. The van der Waals surface area contributed by atoms with Crippen LogP contribution in [0, 0.1) is 21.8 Å². The number of hydrogen-bond acceptors (Lipinski definition) is 7. The van der Waals surface area contributed by atoms with Crippen LogP contribution in [0.3, 0.4) is 0 Å². The van der Waals surface area contributed by atoms with E-state index in [1.54, 1.807) is 12.1 Å². The van der Waals surface area contributed by atoms with E-state index in [-0.39, 0.29) is 29.4 Å². The van der Waals surface area contributed by atoms with Gasteiger partial charge in [0.25, 0.3) is 11.6 Å². The topological polar surface area (TPSA) is 108 Å². The lowest BCUT2D eigenvalue weighted by Crippen LogP contribution is -2.20. The highest BCUT2D eigenvalue weighted by Gasteiger charge is 2.16. The van der Waals surface area contributed by atoms with E-state index in [2.05, 4.69) is 4.72 Å². The lowest BCUT2D eigenvalue weighted by molar-refractivity contribution is -0.384. The van der Waals surface area contributed by atoms with Gasteiger partial charge in [-0.25, -0.2) is 9.18 Å². The second kappa shape index (κ2) is 11.9. The molecule has 0 aliphatic rings. The van der Waals surface area contributed by atoms with Gasteiger partial charge in [-0.1, -0.05) is 26.0 Å². The SMILES string of the molecule is CC(C)CCOC(=O)COc1cc(F)ccc1C(=O)NSCc1cccc([N+](=O)[O-])c1. The fourth-order valence-electron chi connectivity index (χ4n) is 2.39. The van der Waals surface area contributed by atoms with E-state index in [1.165, 1.54) is 18.2 Å². The molecule has 0 aliphatic carbocycles. The Bertz CT molecular complexity index is 938. The number of carbonyl (C=O) groups is 2. The highest BCUT2D eigenvalue weighted by Crippen LogP contribution is 2.22. The molecule has 31 heavy (non-hydrogen) atoms. The van der Waals surface area contributed by atoms with E-state index in [0.717, 1.165) is 24.1 Å². The Morgan fingerprint density at radius 2 is 2.00 bits per heavy atom. The number of halogens is 1. The van der Waals surface area contributed by atoms with Gasteiger partial charge in [0, 0.05) is 24.0 Å². The van der Waals surface area contributed by atoms with Gasteiger partial charge in [-0.15, -0.1) is 0 Å². The Balaban J connectivity index is 1.92. The Labute approximate surface area is 183 Å². The van der Waals surface area contributed by atoms with Crippen LogP contribution < -0.4 is 9.46 Å². The highest BCUT2D eigenvalue weighted by molar-refractivity contribution is 7.97. The van der Waals surface area contributed by atoms with Crippen LogP contribution >= 0.6 is 11.9 Å². The van der Waals surface area contributed by atoms with E-state index in [0.29, 0.717) is 17.9 Å². The zero-order valence-electron chi connectivity index (χ0n) is 17.1. The van der Waals surface area contributed by atoms with Gasteiger partial charge in [0.1, 0.15) is 11.6 Å². The molecule has 0 saturated heterocycles. The van der Waals surface area contributed by atoms with E-state index in [9.17, 15) is 24.1 Å². The molecule has 0 unspecified atom stereocenters. The number of amides is 1. The van der Waals surface area contributed by atoms with Crippen LogP contribution in [0.2, 0.25) is 0 Å². The fourth-order valence-corrected chi connectivity index (χ4v) is 3.05. The van der Waals surface area contributed by atoms with Gasteiger partial charge >= 0.3 is 5.97 Å². The van der Waals surface area contributed by atoms with Gasteiger partial charge in [0.05, 0.1) is 17.1 Å². The van der Waals surface area contributed by atoms with Gasteiger partial charge in [-0.3, -0.25) is 19.6 Å². The third-order valence-corrected chi connectivity index (χ3v) is 4.82. The van der Waals surface area contributed by atoms with Crippen LogP contribution in [0.4, 0.5) is 10.1 Å². The second-order valence-electron chi connectivity index (χ2n) is 6.98. The number of nitrogens with zero attached hydrogens (tertiary/aromatic N) is 1. The van der Waals surface area contributed by atoms with Crippen LogP contribution in [0.1, 0.15) is 36.2 Å². The molecular weight excluding hydrogens is 427 g/mol. The maximum absolute atomic E-state index is 13.6. The van der Waals surface area contributed by atoms with Crippen molar-refractivity contribution in [1.29, 1.82) is 0 Å². The van der Waals surface area contributed by atoms with Crippen molar-refractivity contribution >= 4 is 29.5 Å². The summed E-state index contributed by atoms with van der Waals surface area (Å²) in [4.78, 5) is 34.6. The summed E-state index contributed by atoms with van der Waals surface area (Å²) in [5, 5.41) is 10.8. The number of esters is 1. The normalized spacial score (nSPS) is 10.6. The first-order valence-corrected chi connectivity index (χ1v) is 10.5. The summed E-state index contributed by atoms with van der Waals surface area (Å²) >= 11 is 1.02. The molecule has 2 aromatic rings. The summed E-state index contributed by atoms with van der Waals surface area (Å²) in [6.07, 6.45) is 0.709.